The van der Waals surface area contributed by atoms with Gasteiger partial charge in [-0.15, -0.1) is 0 Å². The predicted octanol–water partition coefficient (Wildman–Crippen LogP) is 0.0249. The van der Waals surface area contributed by atoms with Crippen LogP contribution in [0.3, 0.4) is 0 Å². The zero-order chi connectivity index (χ0) is 12.2. The van der Waals surface area contributed by atoms with Crippen molar-refractivity contribution in [1.82, 2.24) is 5.32 Å². The van der Waals surface area contributed by atoms with E-state index in [0.29, 0.717) is 39.6 Å². The summed E-state index contributed by atoms with van der Waals surface area (Å²) in [5, 5.41) is 12.7. The first-order chi connectivity index (χ1) is 7.70. The minimum atomic E-state index is -0.485. The third-order valence-corrected chi connectivity index (χ3v) is 2.02. The maximum absolute atomic E-state index is 9.55. The van der Waals surface area contributed by atoms with Gasteiger partial charge in [-0.2, -0.15) is 0 Å². The van der Waals surface area contributed by atoms with Crippen molar-refractivity contribution in [2.75, 3.05) is 46.7 Å². The van der Waals surface area contributed by atoms with Crippen LogP contribution in [-0.4, -0.2) is 63.9 Å². The molecule has 0 aromatic heterocycles. The second kappa shape index (κ2) is 11.3. The molecule has 0 aromatic rings. The standard InChI is InChI=1S/C11H25NO4/c1-4-15-8-10(2)12-7-11(13)9-16-6-5-14-3/h10-13H,4-9H2,1-3H3. The maximum Gasteiger partial charge on any atom is 0.0897 e. The highest BCUT2D eigenvalue weighted by molar-refractivity contribution is 4.64. The van der Waals surface area contributed by atoms with E-state index in [-0.39, 0.29) is 6.04 Å². The predicted molar refractivity (Wildman–Crippen MR) is 62.7 cm³/mol. The van der Waals surface area contributed by atoms with Crippen LogP contribution in [0.5, 0.6) is 0 Å². The summed E-state index contributed by atoms with van der Waals surface area (Å²) in [7, 11) is 1.62. The smallest absolute Gasteiger partial charge is 0.0897 e. The van der Waals surface area contributed by atoms with Gasteiger partial charge in [-0.05, 0) is 13.8 Å². The number of aliphatic hydroxyl groups is 1. The fraction of sp³-hybridized carbons (Fsp3) is 1.00. The minimum absolute atomic E-state index is 0.244. The van der Waals surface area contributed by atoms with Crippen LogP contribution in [0.2, 0.25) is 0 Å². The number of hydrogen-bond acceptors (Lipinski definition) is 5. The molecule has 0 amide bonds. The maximum atomic E-state index is 9.55. The highest BCUT2D eigenvalue weighted by atomic mass is 16.5. The molecule has 98 valence electrons. The Bertz CT molecular complexity index is 146. The zero-order valence-corrected chi connectivity index (χ0v) is 10.6. The Morgan fingerprint density at radius 2 is 1.94 bits per heavy atom. The van der Waals surface area contributed by atoms with E-state index < -0.39 is 6.10 Å². The van der Waals surface area contributed by atoms with E-state index in [2.05, 4.69) is 5.32 Å². The number of nitrogens with one attached hydrogen (secondary N) is 1. The summed E-state index contributed by atoms with van der Waals surface area (Å²) in [5.74, 6) is 0. The molecule has 0 heterocycles. The van der Waals surface area contributed by atoms with Crippen LogP contribution in [0.25, 0.3) is 0 Å². The Morgan fingerprint density at radius 3 is 2.56 bits per heavy atom. The van der Waals surface area contributed by atoms with Crippen molar-refractivity contribution in [3.8, 4) is 0 Å². The molecule has 0 aliphatic carbocycles. The van der Waals surface area contributed by atoms with Gasteiger partial charge in [0, 0.05) is 26.3 Å². The second-order valence-electron chi connectivity index (χ2n) is 3.69. The largest absolute Gasteiger partial charge is 0.389 e. The number of aliphatic hydroxyl groups excluding tert-OH is 1. The molecule has 0 rings (SSSR count). The Hall–Kier alpha value is -0.200. The molecule has 5 nitrogen and oxygen atoms in total. The second-order valence-corrected chi connectivity index (χ2v) is 3.69. The van der Waals surface area contributed by atoms with Gasteiger partial charge in [0.05, 0.1) is 32.5 Å². The van der Waals surface area contributed by atoms with E-state index in [1.807, 2.05) is 13.8 Å². The summed E-state index contributed by atoms with van der Waals surface area (Å²) >= 11 is 0. The molecule has 0 spiro atoms. The van der Waals surface area contributed by atoms with Gasteiger partial charge in [0.2, 0.25) is 0 Å². The van der Waals surface area contributed by atoms with E-state index in [0.717, 1.165) is 0 Å². The first-order valence-corrected chi connectivity index (χ1v) is 5.76. The van der Waals surface area contributed by atoms with Gasteiger partial charge in [0.1, 0.15) is 0 Å². The molecule has 0 bridgehead atoms. The normalized spacial score (nSPS) is 15.0. The van der Waals surface area contributed by atoms with Crippen molar-refractivity contribution < 1.29 is 19.3 Å². The summed E-state index contributed by atoms with van der Waals surface area (Å²) in [6.45, 7) is 7.28. The Labute approximate surface area is 98.1 Å². The lowest BCUT2D eigenvalue weighted by Crippen LogP contribution is -2.38. The summed E-state index contributed by atoms with van der Waals surface area (Å²) in [6.07, 6.45) is -0.485. The molecule has 0 aliphatic rings. The van der Waals surface area contributed by atoms with Crippen LogP contribution in [0.4, 0.5) is 0 Å². The van der Waals surface area contributed by atoms with E-state index in [1.54, 1.807) is 7.11 Å². The average Bonchev–Trinajstić information content (AvgIpc) is 2.29. The fourth-order valence-electron chi connectivity index (χ4n) is 1.11. The highest BCUT2D eigenvalue weighted by Gasteiger charge is 2.06. The van der Waals surface area contributed by atoms with Crippen LogP contribution in [0, 0.1) is 0 Å². The van der Waals surface area contributed by atoms with Gasteiger partial charge < -0.3 is 24.6 Å². The van der Waals surface area contributed by atoms with E-state index in [1.165, 1.54) is 0 Å². The Morgan fingerprint density at radius 1 is 1.19 bits per heavy atom. The molecule has 0 fully saturated rings. The van der Waals surface area contributed by atoms with Gasteiger partial charge >= 0.3 is 0 Å². The molecule has 0 aliphatic heterocycles. The highest BCUT2D eigenvalue weighted by Crippen LogP contribution is 1.88. The van der Waals surface area contributed by atoms with Gasteiger partial charge in [0.25, 0.3) is 0 Å². The van der Waals surface area contributed by atoms with Gasteiger partial charge in [-0.25, -0.2) is 0 Å². The third-order valence-electron chi connectivity index (χ3n) is 2.02. The molecule has 0 saturated heterocycles. The molecule has 2 unspecified atom stereocenters. The lowest BCUT2D eigenvalue weighted by molar-refractivity contribution is 0.0117. The lowest BCUT2D eigenvalue weighted by Gasteiger charge is -2.17. The Balaban J connectivity index is 3.31. The molecule has 0 aromatic carbocycles. The van der Waals surface area contributed by atoms with Crippen molar-refractivity contribution in [1.29, 1.82) is 0 Å². The van der Waals surface area contributed by atoms with E-state index in [9.17, 15) is 5.11 Å². The summed E-state index contributed by atoms with van der Waals surface area (Å²) < 4.78 is 15.3. The molecular formula is C11H25NO4. The van der Waals surface area contributed by atoms with Gasteiger partial charge in [-0.3, -0.25) is 0 Å². The summed E-state index contributed by atoms with van der Waals surface area (Å²) in [5.41, 5.74) is 0. The van der Waals surface area contributed by atoms with Crippen molar-refractivity contribution in [2.24, 2.45) is 0 Å². The number of ether oxygens (including phenoxy) is 3. The molecule has 0 saturated carbocycles. The number of rotatable bonds is 11. The topological polar surface area (TPSA) is 60.0 Å². The molecule has 2 atom stereocenters. The number of methoxy groups -OCH3 is 1. The zero-order valence-electron chi connectivity index (χ0n) is 10.6. The van der Waals surface area contributed by atoms with E-state index in [4.69, 9.17) is 14.2 Å². The SMILES string of the molecule is CCOCC(C)NCC(O)COCCOC. The van der Waals surface area contributed by atoms with Crippen LogP contribution < -0.4 is 5.32 Å². The third kappa shape index (κ3) is 10.3. The average molecular weight is 235 g/mol. The lowest BCUT2D eigenvalue weighted by atomic mass is 10.3. The minimum Gasteiger partial charge on any atom is -0.389 e. The fourth-order valence-corrected chi connectivity index (χ4v) is 1.11. The molecule has 2 N–H and O–H groups in total. The van der Waals surface area contributed by atoms with Crippen molar-refractivity contribution in [3.05, 3.63) is 0 Å². The van der Waals surface area contributed by atoms with Crippen LogP contribution >= 0.6 is 0 Å². The van der Waals surface area contributed by atoms with Crippen molar-refractivity contribution in [3.63, 3.8) is 0 Å². The van der Waals surface area contributed by atoms with E-state index >= 15 is 0 Å². The Kier molecular flexibility index (Phi) is 11.1. The summed E-state index contributed by atoms with van der Waals surface area (Å²) in [6, 6.07) is 0.244. The summed E-state index contributed by atoms with van der Waals surface area (Å²) in [4.78, 5) is 0. The first-order valence-electron chi connectivity index (χ1n) is 5.76. The molecular weight excluding hydrogens is 210 g/mol. The molecule has 16 heavy (non-hydrogen) atoms. The van der Waals surface area contributed by atoms with Crippen LogP contribution in [-0.2, 0) is 14.2 Å². The first kappa shape index (κ1) is 15.8. The molecule has 0 radical (unpaired) electrons. The molecule has 5 heteroatoms. The monoisotopic (exact) mass is 235 g/mol. The van der Waals surface area contributed by atoms with Crippen LogP contribution in [0.1, 0.15) is 13.8 Å². The van der Waals surface area contributed by atoms with Crippen molar-refractivity contribution in [2.45, 2.75) is 26.0 Å². The van der Waals surface area contributed by atoms with Crippen LogP contribution in [0.15, 0.2) is 0 Å². The number of hydrogen-bond donors (Lipinski definition) is 2. The van der Waals surface area contributed by atoms with Crippen molar-refractivity contribution >= 4 is 0 Å². The quantitative estimate of drug-likeness (QED) is 0.495. The van der Waals surface area contributed by atoms with Gasteiger partial charge in [0.15, 0.2) is 0 Å². The van der Waals surface area contributed by atoms with Gasteiger partial charge in [-0.1, -0.05) is 0 Å².